The van der Waals surface area contributed by atoms with E-state index in [9.17, 15) is 14.3 Å². The molecule has 1 aromatic carbocycles. The van der Waals surface area contributed by atoms with E-state index in [-0.39, 0.29) is 17.7 Å². The number of carbonyl (C=O) groups is 1. The largest absolute Gasteiger partial charge is 0.393 e. The minimum Gasteiger partial charge on any atom is -0.393 e. The van der Waals surface area contributed by atoms with Gasteiger partial charge in [-0.15, -0.1) is 0 Å². The van der Waals surface area contributed by atoms with Gasteiger partial charge in [-0.25, -0.2) is 4.39 Å². The van der Waals surface area contributed by atoms with Crippen LogP contribution in [0.3, 0.4) is 0 Å². The normalized spacial score (nSPS) is 17.6. The molecule has 0 amide bonds. The van der Waals surface area contributed by atoms with E-state index in [2.05, 4.69) is 4.90 Å². The Morgan fingerprint density at radius 2 is 2.11 bits per heavy atom. The smallest absolute Gasteiger partial charge is 0.164 e. The number of benzene rings is 1. The number of piperidine rings is 1. The third-order valence-corrected chi connectivity index (χ3v) is 3.69. The van der Waals surface area contributed by atoms with Crippen LogP contribution in [0.1, 0.15) is 35.2 Å². The van der Waals surface area contributed by atoms with Crippen LogP contribution in [0.25, 0.3) is 0 Å². The summed E-state index contributed by atoms with van der Waals surface area (Å²) in [6.07, 6.45) is 1.82. The van der Waals surface area contributed by atoms with Gasteiger partial charge in [-0.3, -0.25) is 4.79 Å². The van der Waals surface area contributed by atoms with Crippen molar-refractivity contribution in [1.82, 2.24) is 4.90 Å². The second kappa shape index (κ2) is 6.26. The number of hydrogen-bond donors (Lipinski definition) is 1. The number of likely N-dealkylation sites (tertiary alicyclic amines) is 1. The van der Waals surface area contributed by atoms with Gasteiger partial charge in [-0.05, 0) is 43.5 Å². The number of halogens is 1. The van der Waals surface area contributed by atoms with Crippen molar-refractivity contribution in [2.75, 3.05) is 19.6 Å². The fourth-order valence-electron chi connectivity index (χ4n) is 2.37. The molecule has 0 spiro atoms. The second-order valence-electron chi connectivity index (χ2n) is 5.21. The summed E-state index contributed by atoms with van der Waals surface area (Å²) in [6.45, 7) is 4.06. The summed E-state index contributed by atoms with van der Waals surface area (Å²) in [5, 5.41) is 9.41. The molecule has 0 radical (unpaired) electrons. The Morgan fingerprint density at radius 1 is 1.42 bits per heavy atom. The summed E-state index contributed by atoms with van der Waals surface area (Å²) in [6, 6.07) is 4.50. The van der Waals surface area contributed by atoms with E-state index < -0.39 is 0 Å². The van der Waals surface area contributed by atoms with Crippen LogP contribution in [0, 0.1) is 12.7 Å². The first kappa shape index (κ1) is 14.2. The van der Waals surface area contributed by atoms with Gasteiger partial charge in [0.15, 0.2) is 5.78 Å². The average Bonchev–Trinajstić information content (AvgIpc) is 2.41. The summed E-state index contributed by atoms with van der Waals surface area (Å²) in [5.41, 5.74) is 1.09. The highest BCUT2D eigenvalue weighted by atomic mass is 19.1. The first-order chi connectivity index (χ1) is 9.06. The number of carbonyl (C=O) groups excluding carboxylic acids is 1. The van der Waals surface area contributed by atoms with Crippen LogP contribution in [-0.2, 0) is 0 Å². The van der Waals surface area contributed by atoms with Gasteiger partial charge in [0.25, 0.3) is 0 Å². The first-order valence-corrected chi connectivity index (χ1v) is 6.76. The molecule has 104 valence electrons. The van der Waals surface area contributed by atoms with Crippen molar-refractivity contribution < 1.29 is 14.3 Å². The lowest BCUT2D eigenvalue weighted by atomic mass is 10.0. The Bertz CT molecular complexity index is 453. The van der Waals surface area contributed by atoms with Crippen LogP contribution in [0.2, 0.25) is 0 Å². The van der Waals surface area contributed by atoms with E-state index in [0.29, 0.717) is 24.1 Å². The Kier molecular flexibility index (Phi) is 4.66. The van der Waals surface area contributed by atoms with Gasteiger partial charge in [0, 0.05) is 31.6 Å². The van der Waals surface area contributed by atoms with Crippen molar-refractivity contribution in [2.24, 2.45) is 0 Å². The minimum atomic E-state index is -0.276. The second-order valence-corrected chi connectivity index (χ2v) is 5.21. The quantitative estimate of drug-likeness (QED) is 0.848. The zero-order valence-corrected chi connectivity index (χ0v) is 11.2. The van der Waals surface area contributed by atoms with Gasteiger partial charge in [0.1, 0.15) is 5.82 Å². The molecule has 0 bridgehead atoms. The molecular formula is C15H20FNO2. The molecule has 3 nitrogen and oxygen atoms in total. The lowest BCUT2D eigenvalue weighted by Crippen LogP contribution is -2.37. The molecule has 1 saturated heterocycles. The highest BCUT2D eigenvalue weighted by Gasteiger charge is 2.17. The van der Waals surface area contributed by atoms with Crippen LogP contribution in [-0.4, -0.2) is 41.5 Å². The number of nitrogens with zero attached hydrogens (tertiary/aromatic N) is 1. The SMILES string of the molecule is Cc1cc(C(=O)CCN2CCC(O)CC2)ccc1F. The van der Waals surface area contributed by atoms with Crippen LogP contribution >= 0.6 is 0 Å². The lowest BCUT2D eigenvalue weighted by Gasteiger charge is -2.29. The number of Topliss-reactive ketones (excluding diaryl/α,β-unsaturated/α-hetero) is 1. The standard InChI is InChI=1S/C15H20FNO2/c1-11-10-12(2-3-14(11)16)15(19)6-9-17-7-4-13(18)5-8-17/h2-3,10,13,18H,4-9H2,1H3. The number of hydrogen-bond acceptors (Lipinski definition) is 3. The van der Waals surface area contributed by atoms with E-state index in [0.717, 1.165) is 25.9 Å². The third kappa shape index (κ3) is 3.85. The fourth-order valence-corrected chi connectivity index (χ4v) is 2.37. The lowest BCUT2D eigenvalue weighted by molar-refractivity contribution is 0.0778. The Balaban J connectivity index is 1.85. The summed E-state index contributed by atoms with van der Waals surface area (Å²) < 4.78 is 13.1. The predicted octanol–water partition coefficient (Wildman–Crippen LogP) is 2.16. The van der Waals surface area contributed by atoms with Crippen molar-refractivity contribution in [2.45, 2.75) is 32.3 Å². The highest BCUT2D eigenvalue weighted by molar-refractivity contribution is 5.96. The van der Waals surface area contributed by atoms with Crippen molar-refractivity contribution in [3.63, 3.8) is 0 Å². The number of aliphatic hydroxyl groups excluding tert-OH is 1. The molecule has 1 aromatic rings. The van der Waals surface area contributed by atoms with E-state index in [1.165, 1.54) is 6.07 Å². The van der Waals surface area contributed by atoms with Gasteiger partial charge in [0.05, 0.1) is 6.10 Å². The third-order valence-electron chi connectivity index (χ3n) is 3.69. The fraction of sp³-hybridized carbons (Fsp3) is 0.533. The summed E-state index contributed by atoms with van der Waals surface area (Å²) in [5.74, 6) is -0.226. The number of rotatable bonds is 4. The summed E-state index contributed by atoms with van der Waals surface area (Å²) >= 11 is 0. The molecule has 1 heterocycles. The van der Waals surface area contributed by atoms with Gasteiger partial charge in [-0.2, -0.15) is 0 Å². The monoisotopic (exact) mass is 265 g/mol. The summed E-state index contributed by atoms with van der Waals surface area (Å²) in [7, 11) is 0. The van der Waals surface area contributed by atoms with Crippen molar-refractivity contribution in [3.8, 4) is 0 Å². The Morgan fingerprint density at radius 3 is 2.74 bits per heavy atom. The summed E-state index contributed by atoms with van der Waals surface area (Å²) in [4.78, 5) is 14.2. The molecule has 19 heavy (non-hydrogen) atoms. The Labute approximate surface area is 113 Å². The molecule has 1 fully saturated rings. The van der Waals surface area contributed by atoms with Crippen LogP contribution in [0.4, 0.5) is 4.39 Å². The van der Waals surface area contributed by atoms with Crippen molar-refractivity contribution >= 4 is 5.78 Å². The molecule has 1 aliphatic rings. The van der Waals surface area contributed by atoms with Crippen molar-refractivity contribution in [3.05, 3.63) is 35.1 Å². The first-order valence-electron chi connectivity index (χ1n) is 6.76. The molecule has 4 heteroatoms. The highest BCUT2D eigenvalue weighted by Crippen LogP contribution is 2.13. The van der Waals surface area contributed by atoms with Crippen LogP contribution in [0.5, 0.6) is 0 Å². The molecule has 0 unspecified atom stereocenters. The molecular weight excluding hydrogens is 245 g/mol. The number of aliphatic hydroxyl groups is 1. The zero-order valence-electron chi connectivity index (χ0n) is 11.2. The van der Waals surface area contributed by atoms with Crippen LogP contribution in [0.15, 0.2) is 18.2 Å². The van der Waals surface area contributed by atoms with Crippen LogP contribution < -0.4 is 0 Å². The minimum absolute atomic E-state index is 0.0502. The number of ketones is 1. The molecule has 1 aliphatic heterocycles. The van der Waals surface area contributed by atoms with Gasteiger partial charge in [-0.1, -0.05) is 0 Å². The molecule has 0 aromatic heterocycles. The number of aryl methyl sites for hydroxylation is 1. The maximum atomic E-state index is 13.1. The molecule has 0 atom stereocenters. The van der Waals surface area contributed by atoms with Gasteiger partial charge < -0.3 is 10.0 Å². The maximum Gasteiger partial charge on any atom is 0.164 e. The van der Waals surface area contributed by atoms with Gasteiger partial charge in [0.2, 0.25) is 0 Å². The molecule has 1 N–H and O–H groups in total. The van der Waals surface area contributed by atoms with E-state index in [4.69, 9.17) is 0 Å². The molecule has 0 saturated carbocycles. The van der Waals surface area contributed by atoms with Crippen molar-refractivity contribution in [1.29, 1.82) is 0 Å². The maximum absolute atomic E-state index is 13.1. The Hall–Kier alpha value is -1.26. The zero-order chi connectivity index (χ0) is 13.8. The van der Waals surface area contributed by atoms with E-state index >= 15 is 0 Å². The predicted molar refractivity (Wildman–Crippen MR) is 71.8 cm³/mol. The van der Waals surface area contributed by atoms with Gasteiger partial charge >= 0.3 is 0 Å². The van der Waals surface area contributed by atoms with E-state index in [1.807, 2.05) is 0 Å². The molecule has 0 aliphatic carbocycles. The topological polar surface area (TPSA) is 40.5 Å². The van der Waals surface area contributed by atoms with E-state index in [1.54, 1.807) is 19.1 Å². The molecule has 2 rings (SSSR count). The average molecular weight is 265 g/mol.